The Balaban J connectivity index is 2.09. The number of carbonyl (C=O) groups excluding carboxylic acids is 1. The Labute approximate surface area is 139 Å². The Bertz CT molecular complexity index is 782. The van der Waals surface area contributed by atoms with Crippen LogP contribution in [-0.4, -0.2) is 16.1 Å². The minimum absolute atomic E-state index is 0.0433. The van der Waals surface area contributed by atoms with E-state index in [4.69, 9.17) is 0 Å². The Morgan fingerprint density at radius 1 is 1.08 bits per heavy atom. The number of nitro groups is 1. The summed E-state index contributed by atoms with van der Waals surface area (Å²) in [6, 6.07) is 10.6. The minimum Gasteiger partial charge on any atom is -0.502 e. The molecule has 0 heterocycles. The van der Waals surface area contributed by atoms with E-state index in [9.17, 15) is 20.0 Å². The molecular weight excluding hydrogens is 310 g/mol. The molecule has 2 aromatic rings. The van der Waals surface area contributed by atoms with Crippen LogP contribution in [0, 0.1) is 10.1 Å². The van der Waals surface area contributed by atoms with Gasteiger partial charge in [0.25, 0.3) is 0 Å². The van der Waals surface area contributed by atoms with Crippen LogP contribution in [-0.2, 0) is 5.41 Å². The molecule has 0 aromatic heterocycles. The van der Waals surface area contributed by atoms with Crippen LogP contribution in [0.4, 0.5) is 21.9 Å². The second-order valence-corrected chi connectivity index (χ2v) is 6.37. The third kappa shape index (κ3) is 4.22. The molecule has 0 saturated carbocycles. The highest BCUT2D eigenvalue weighted by atomic mass is 16.6. The number of hydrogen-bond acceptors (Lipinski definition) is 4. The standard InChI is InChI=1S/C17H19N3O4/c1-17(2,3)11-5-4-6-12(9-11)18-16(22)19-13-7-8-14(20(23)24)15(21)10-13/h4-10,21H,1-3H3,(H2,18,19,22). The highest BCUT2D eigenvalue weighted by molar-refractivity contribution is 6.00. The minimum atomic E-state index is -0.697. The molecule has 126 valence electrons. The lowest BCUT2D eigenvalue weighted by atomic mass is 9.87. The fraction of sp³-hybridized carbons (Fsp3) is 0.235. The molecule has 24 heavy (non-hydrogen) atoms. The summed E-state index contributed by atoms with van der Waals surface area (Å²) in [5.74, 6) is -0.507. The van der Waals surface area contributed by atoms with Crippen LogP contribution in [0.5, 0.6) is 5.75 Å². The van der Waals surface area contributed by atoms with Crippen molar-refractivity contribution in [2.75, 3.05) is 10.6 Å². The quantitative estimate of drug-likeness (QED) is 0.578. The summed E-state index contributed by atoms with van der Waals surface area (Å²) < 4.78 is 0. The number of nitrogens with zero attached hydrogens (tertiary/aromatic N) is 1. The highest BCUT2D eigenvalue weighted by Crippen LogP contribution is 2.29. The molecule has 0 fully saturated rings. The molecule has 2 aromatic carbocycles. The fourth-order valence-corrected chi connectivity index (χ4v) is 2.11. The average molecular weight is 329 g/mol. The maximum atomic E-state index is 12.0. The van der Waals surface area contributed by atoms with Gasteiger partial charge in [0.2, 0.25) is 0 Å². The van der Waals surface area contributed by atoms with Crippen molar-refractivity contribution in [2.45, 2.75) is 26.2 Å². The van der Waals surface area contributed by atoms with E-state index in [-0.39, 0.29) is 11.1 Å². The molecule has 0 unspecified atom stereocenters. The maximum Gasteiger partial charge on any atom is 0.323 e. The van der Waals surface area contributed by atoms with E-state index in [1.54, 1.807) is 6.07 Å². The Morgan fingerprint density at radius 3 is 2.25 bits per heavy atom. The number of hydrogen-bond donors (Lipinski definition) is 3. The fourth-order valence-electron chi connectivity index (χ4n) is 2.11. The molecule has 0 radical (unpaired) electrons. The summed E-state index contributed by atoms with van der Waals surface area (Å²) in [7, 11) is 0. The van der Waals surface area contributed by atoms with Crippen LogP contribution in [0.15, 0.2) is 42.5 Å². The molecular formula is C17H19N3O4. The van der Waals surface area contributed by atoms with Gasteiger partial charge in [0.05, 0.1) is 4.92 Å². The number of nitro benzene ring substituents is 1. The molecule has 0 spiro atoms. The average Bonchev–Trinajstić information content (AvgIpc) is 2.46. The number of phenolic OH excluding ortho intramolecular Hbond substituents is 1. The SMILES string of the molecule is CC(C)(C)c1cccc(NC(=O)Nc2ccc([N+](=O)[O-])c(O)c2)c1. The molecule has 2 rings (SSSR count). The molecule has 0 bridgehead atoms. The third-order valence-corrected chi connectivity index (χ3v) is 3.42. The number of benzene rings is 2. The van der Waals surface area contributed by atoms with E-state index in [1.165, 1.54) is 6.07 Å². The molecule has 0 aliphatic carbocycles. The highest BCUT2D eigenvalue weighted by Gasteiger charge is 2.15. The number of rotatable bonds is 3. The first-order chi connectivity index (χ1) is 11.2. The van der Waals surface area contributed by atoms with Crippen molar-refractivity contribution in [2.24, 2.45) is 0 Å². The lowest BCUT2D eigenvalue weighted by Gasteiger charge is -2.20. The Morgan fingerprint density at radius 2 is 1.71 bits per heavy atom. The van der Waals surface area contributed by atoms with Crippen LogP contribution in [0.3, 0.4) is 0 Å². The van der Waals surface area contributed by atoms with Gasteiger partial charge in [-0.3, -0.25) is 10.1 Å². The number of phenols is 1. The normalized spacial score (nSPS) is 11.0. The Hall–Kier alpha value is -3.09. The second kappa shape index (κ2) is 6.57. The number of aromatic hydroxyl groups is 1. The van der Waals surface area contributed by atoms with Gasteiger partial charge >= 0.3 is 11.7 Å². The van der Waals surface area contributed by atoms with Crippen molar-refractivity contribution in [1.29, 1.82) is 0 Å². The number of carbonyl (C=O) groups is 1. The van der Waals surface area contributed by atoms with E-state index >= 15 is 0 Å². The van der Waals surface area contributed by atoms with E-state index in [2.05, 4.69) is 31.4 Å². The van der Waals surface area contributed by atoms with Gasteiger partial charge in [-0.15, -0.1) is 0 Å². The largest absolute Gasteiger partial charge is 0.502 e. The van der Waals surface area contributed by atoms with Crippen molar-refractivity contribution in [3.63, 3.8) is 0 Å². The number of urea groups is 1. The molecule has 3 N–H and O–H groups in total. The summed E-state index contributed by atoms with van der Waals surface area (Å²) >= 11 is 0. The van der Waals surface area contributed by atoms with Crippen molar-refractivity contribution in [1.82, 2.24) is 0 Å². The number of anilines is 2. The van der Waals surface area contributed by atoms with Gasteiger partial charge in [-0.05, 0) is 29.2 Å². The lowest BCUT2D eigenvalue weighted by molar-refractivity contribution is -0.385. The van der Waals surface area contributed by atoms with Crippen LogP contribution in [0.25, 0.3) is 0 Å². The van der Waals surface area contributed by atoms with Crippen LogP contribution < -0.4 is 10.6 Å². The van der Waals surface area contributed by atoms with Crippen LogP contribution in [0.2, 0.25) is 0 Å². The van der Waals surface area contributed by atoms with E-state index in [0.717, 1.165) is 17.7 Å². The van der Waals surface area contributed by atoms with Gasteiger partial charge in [0.1, 0.15) is 0 Å². The van der Waals surface area contributed by atoms with Gasteiger partial charge in [-0.25, -0.2) is 4.79 Å². The van der Waals surface area contributed by atoms with Crippen molar-refractivity contribution in [3.8, 4) is 5.75 Å². The van der Waals surface area contributed by atoms with Crippen LogP contribution >= 0.6 is 0 Å². The monoisotopic (exact) mass is 329 g/mol. The molecule has 0 atom stereocenters. The number of amides is 2. The summed E-state index contributed by atoms with van der Waals surface area (Å²) in [6.07, 6.45) is 0. The van der Waals surface area contributed by atoms with Gasteiger partial charge in [-0.1, -0.05) is 32.9 Å². The Kier molecular flexibility index (Phi) is 4.73. The maximum absolute atomic E-state index is 12.0. The number of nitrogens with one attached hydrogen (secondary N) is 2. The topological polar surface area (TPSA) is 104 Å². The first-order valence-electron chi connectivity index (χ1n) is 7.33. The molecule has 7 heteroatoms. The molecule has 0 aliphatic heterocycles. The predicted octanol–water partition coefficient (Wildman–Crippen LogP) is 4.24. The molecule has 2 amide bonds. The van der Waals surface area contributed by atoms with Gasteiger partial charge < -0.3 is 15.7 Å². The molecule has 0 saturated heterocycles. The zero-order valence-corrected chi connectivity index (χ0v) is 13.7. The smallest absolute Gasteiger partial charge is 0.323 e. The zero-order valence-electron chi connectivity index (χ0n) is 13.7. The zero-order chi connectivity index (χ0) is 17.9. The molecule has 7 nitrogen and oxygen atoms in total. The summed E-state index contributed by atoms with van der Waals surface area (Å²) in [5, 5.41) is 25.4. The first-order valence-corrected chi connectivity index (χ1v) is 7.33. The van der Waals surface area contributed by atoms with E-state index in [1.807, 2.05) is 18.2 Å². The second-order valence-electron chi connectivity index (χ2n) is 6.37. The third-order valence-electron chi connectivity index (χ3n) is 3.42. The summed E-state index contributed by atoms with van der Waals surface area (Å²) in [4.78, 5) is 22.0. The summed E-state index contributed by atoms with van der Waals surface area (Å²) in [5.41, 5.74) is 1.50. The van der Waals surface area contributed by atoms with Gasteiger partial charge in [0.15, 0.2) is 5.75 Å². The lowest BCUT2D eigenvalue weighted by Crippen LogP contribution is -2.20. The van der Waals surface area contributed by atoms with Crippen molar-refractivity contribution in [3.05, 3.63) is 58.1 Å². The van der Waals surface area contributed by atoms with E-state index < -0.39 is 22.4 Å². The predicted molar refractivity (Wildman–Crippen MR) is 92.5 cm³/mol. The van der Waals surface area contributed by atoms with Gasteiger partial charge in [0, 0.05) is 23.5 Å². The van der Waals surface area contributed by atoms with Gasteiger partial charge in [-0.2, -0.15) is 0 Å². The van der Waals surface area contributed by atoms with E-state index in [0.29, 0.717) is 5.69 Å². The molecule has 0 aliphatic rings. The van der Waals surface area contributed by atoms with Crippen molar-refractivity contribution < 1.29 is 14.8 Å². The van der Waals surface area contributed by atoms with Crippen molar-refractivity contribution >= 4 is 23.1 Å². The first kappa shape index (κ1) is 17.3. The summed E-state index contributed by atoms with van der Waals surface area (Å²) in [6.45, 7) is 6.23. The van der Waals surface area contributed by atoms with Crippen LogP contribution in [0.1, 0.15) is 26.3 Å².